The van der Waals surface area contributed by atoms with Crippen LogP contribution in [0.5, 0.6) is 0 Å². The van der Waals surface area contributed by atoms with E-state index in [0.29, 0.717) is 39.1 Å². The maximum atomic E-state index is 12.6. The zero-order valence-corrected chi connectivity index (χ0v) is 13.0. The highest BCUT2D eigenvalue weighted by Gasteiger charge is 2.39. The summed E-state index contributed by atoms with van der Waals surface area (Å²) >= 11 is 0. The van der Waals surface area contributed by atoms with E-state index in [1.807, 2.05) is 18.2 Å². The number of carbonyl (C=O) groups excluding carboxylic acids is 1. The van der Waals surface area contributed by atoms with Crippen LogP contribution in [0.1, 0.15) is 32.3 Å². The van der Waals surface area contributed by atoms with Crippen LogP contribution in [0.25, 0.3) is 0 Å². The summed E-state index contributed by atoms with van der Waals surface area (Å²) in [5.74, 6) is 0.0670. The van der Waals surface area contributed by atoms with Gasteiger partial charge < -0.3 is 15.8 Å². The number of benzene rings is 1. The average Bonchev–Trinajstić information content (AvgIpc) is 2.54. The summed E-state index contributed by atoms with van der Waals surface area (Å²) in [4.78, 5) is 12.6. The van der Waals surface area contributed by atoms with E-state index in [9.17, 15) is 4.79 Å². The van der Waals surface area contributed by atoms with E-state index in [1.54, 1.807) is 0 Å². The predicted molar refractivity (Wildman–Crippen MR) is 84.0 cm³/mol. The largest absolute Gasteiger partial charge is 0.381 e. The lowest BCUT2D eigenvalue weighted by Crippen LogP contribution is -2.51. The molecule has 0 atom stereocenters. The minimum atomic E-state index is -0.453. The fourth-order valence-corrected chi connectivity index (χ4v) is 2.77. The van der Waals surface area contributed by atoms with Gasteiger partial charge >= 0.3 is 0 Å². The predicted octanol–water partition coefficient (Wildman–Crippen LogP) is 1.84. The van der Waals surface area contributed by atoms with Crippen molar-refractivity contribution in [2.24, 2.45) is 11.1 Å². The average molecular weight is 290 g/mol. The molecule has 0 bridgehead atoms. The summed E-state index contributed by atoms with van der Waals surface area (Å²) in [7, 11) is 0. The molecule has 1 aromatic rings. The molecule has 116 valence electrons. The zero-order chi connectivity index (χ0) is 15.3. The summed E-state index contributed by atoms with van der Waals surface area (Å²) in [6.07, 6.45) is 1.42. The molecule has 1 heterocycles. The second-order valence-electron chi connectivity index (χ2n) is 6.53. The van der Waals surface area contributed by atoms with Crippen LogP contribution in [-0.2, 0) is 14.9 Å². The molecular weight excluding hydrogens is 264 g/mol. The fraction of sp³-hybridized carbons (Fsp3) is 0.588. The van der Waals surface area contributed by atoms with Crippen molar-refractivity contribution in [3.05, 3.63) is 35.9 Å². The molecule has 4 heteroatoms. The first kappa shape index (κ1) is 16.0. The van der Waals surface area contributed by atoms with E-state index in [1.165, 1.54) is 5.56 Å². The fourth-order valence-electron chi connectivity index (χ4n) is 2.77. The van der Waals surface area contributed by atoms with Crippen LogP contribution in [-0.4, -0.2) is 32.2 Å². The van der Waals surface area contributed by atoms with Gasteiger partial charge in [0, 0.05) is 31.7 Å². The highest BCUT2D eigenvalue weighted by molar-refractivity contribution is 5.83. The van der Waals surface area contributed by atoms with E-state index in [-0.39, 0.29) is 11.3 Å². The third-order valence-corrected chi connectivity index (χ3v) is 4.57. The van der Waals surface area contributed by atoms with Crippen molar-refractivity contribution in [2.75, 3.05) is 26.3 Å². The number of carbonyl (C=O) groups is 1. The Hall–Kier alpha value is -1.39. The molecule has 1 aliphatic heterocycles. The Morgan fingerprint density at radius 3 is 2.48 bits per heavy atom. The van der Waals surface area contributed by atoms with Gasteiger partial charge in [0.05, 0.1) is 5.41 Å². The molecule has 0 unspecified atom stereocenters. The minimum Gasteiger partial charge on any atom is -0.381 e. The van der Waals surface area contributed by atoms with Crippen LogP contribution in [0.4, 0.5) is 0 Å². The molecule has 0 spiro atoms. The second kappa shape index (κ2) is 6.58. The Kier molecular flexibility index (Phi) is 5.01. The van der Waals surface area contributed by atoms with Gasteiger partial charge in [-0.3, -0.25) is 4.79 Å². The van der Waals surface area contributed by atoms with E-state index >= 15 is 0 Å². The maximum absolute atomic E-state index is 12.6. The Bertz CT molecular complexity index is 465. The lowest BCUT2D eigenvalue weighted by Gasteiger charge is -2.36. The molecule has 1 aromatic carbocycles. The normalized spacial score (nSPS) is 18.2. The van der Waals surface area contributed by atoms with Gasteiger partial charge in [0.15, 0.2) is 0 Å². The van der Waals surface area contributed by atoms with Crippen LogP contribution in [0.15, 0.2) is 30.3 Å². The van der Waals surface area contributed by atoms with Gasteiger partial charge in [-0.05, 0) is 18.4 Å². The number of amides is 1. The molecule has 1 amide bonds. The minimum absolute atomic E-state index is 0.0670. The number of ether oxygens (including phenoxy) is 1. The number of nitrogens with two attached hydrogens (primary N) is 1. The molecule has 0 aromatic heterocycles. The van der Waals surface area contributed by atoms with Gasteiger partial charge in [-0.25, -0.2) is 0 Å². The van der Waals surface area contributed by atoms with Crippen molar-refractivity contribution in [3.8, 4) is 0 Å². The second-order valence-corrected chi connectivity index (χ2v) is 6.53. The van der Waals surface area contributed by atoms with Crippen LogP contribution in [0.2, 0.25) is 0 Å². The van der Waals surface area contributed by atoms with E-state index in [2.05, 4.69) is 31.3 Å². The molecule has 2 rings (SSSR count). The first-order chi connectivity index (χ1) is 10.0. The molecule has 3 N–H and O–H groups in total. The van der Waals surface area contributed by atoms with Gasteiger partial charge in [-0.1, -0.05) is 44.2 Å². The summed E-state index contributed by atoms with van der Waals surface area (Å²) in [5, 5.41) is 3.11. The van der Waals surface area contributed by atoms with Gasteiger partial charge in [0.25, 0.3) is 0 Å². The van der Waals surface area contributed by atoms with Crippen molar-refractivity contribution < 1.29 is 9.53 Å². The Labute approximate surface area is 127 Å². The number of nitrogens with one attached hydrogen (secondary N) is 1. The third kappa shape index (κ3) is 3.63. The van der Waals surface area contributed by atoms with Gasteiger partial charge in [0.2, 0.25) is 5.91 Å². The van der Waals surface area contributed by atoms with Gasteiger partial charge in [-0.15, -0.1) is 0 Å². The summed E-state index contributed by atoms with van der Waals surface area (Å²) in [6, 6.07) is 10.2. The Morgan fingerprint density at radius 2 is 1.90 bits per heavy atom. The van der Waals surface area contributed by atoms with Crippen molar-refractivity contribution in [1.82, 2.24) is 5.32 Å². The summed E-state index contributed by atoms with van der Waals surface area (Å²) in [6.45, 7) is 6.51. The highest BCUT2D eigenvalue weighted by Crippen LogP contribution is 2.30. The highest BCUT2D eigenvalue weighted by atomic mass is 16.5. The smallest absolute Gasteiger partial charge is 0.227 e. The lowest BCUT2D eigenvalue weighted by atomic mass is 9.78. The number of rotatable bonds is 5. The van der Waals surface area contributed by atoms with E-state index < -0.39 is 5.41 Å². The molecular formula is C17H26N2O2. The monoisotopic (exact) mass is 290 g/mol. The van der Waals surface area contributed by atoms with Gasteiger partial charge in [0.1, 0.15) is 0 Å². The summed E-state index contributed by atoms with van der Waals surface area (Å²) < 4.78 is 5.36. The maximum Gasteiger partial charge on any atom is 0.227 e. The quantitative estimate of drug-likeness (QED) is 0.869. The lowest BCUT2D eigenvalue weighted by molar-refractivity contribution is -0.136. The topological polar surface area (TPSA) is 64.4 Å². The zero-order valence-electron chi connectivity index (χ0n) is 13.0. The SMILES string of the molecule is CC(C)(CNC(=O)C1(CN)CCOCC1)c1ccccc1. The van der Waals surface area contributed by atoms with Crippen LogP contribution in [0.3, 0.4) is 0 Å². The third-order valence-electron chi connectivity index (χ3n) is 4.57. The summed E-state index contributed by atoms with van der Waals surface area (Å²) in [5.41, 5.74) is 6.54. The molecule has 4 nitrogen and oxygen atoms in total. The number of hydrogen-bond donors (Lipinski definition) is 2. The van der Waals surface area contributed by atoms with Crippen molar-refractivity contribution >= 4 is 5.91 Å². The molecule has 1 fully saturated rings. The molecule has 1 aliphatic rings. The molecule has 0 radical (unpaired) electrons. The van der Waals surface area contributed by atoms with Gasteiger partial charge in [-0.2, -0.15) is 0 Å². The molecule has 1 saturated heterocycles. The van der Waals surface area contributed by atoms with Crippen LogP contribution in [0, 0.1) is 5.41 Å². The molecule has 0 aliphatic carbocycles. The number of hydrogen-bond acceptors (Lipinski definition) is 3. The van der Waals surface area contributed by atoms with E-state index in [0.717, 1.165) is 0 Å². The first-order valence-corrected chi connectivity index (χ1v) is 7.62. The standard InChI is InChI=1S/C17H26N2O2/c1-16(2,14-6-4-3-5-7-14)13-19-15(20)17(12-18)8-10-21-11-9-17/h3-7H,8-13,18H2,1-2H3,(H,19,20). The Morgan fingerprint density at radius 1 is 1.29 bits per heavy atom. The first-order valence-electron chi connectivity index (χ1n) is 7.62. The van der Waals surface area contributed by atoms with Crippen molar-refractivity contribution in [2.45, 2.75) is 32.1 Å². The van der Waals surface area contributed by atoms with Crippen LogP contribution >= 0.6 is 0 Å². The van der Waals surface area contributed by atoms with Crippen LogP contribution < -0.4 is 11.1 Å². The van der Waals surface area contributed by atoms with E-state index in [4.69, 9.17) is 10.5 Å². The van der Waals surface area contributed by atoms with Crippen molar-refractivity contribution in [3.63, 3.8) is 0 Å². The molecule has 21 heavy (non-hydrogen) atoms. The Balaban J connectivity index is 2.00. The molecule has 0 saturated carbocycles. The van der Waals surface area contributed by atoms with Crippen molar-refractivity contribution in [1.29, 1.82) is 0 Å².